The molecule has 27 heavy (non-hydrogen) atoms. The molecule has 0 bridgehead atoms. The molecule has 1 fully saturated rings. The standard InChI is InChI=1S/C8H15NO15S3/c1-3(10)9-5-7(24-27(18,19)20)6(23-26(15,16)17)4(22-8(5)11)2-21-25(12,13)14/h4-8,11H,2H2,1H3,(H,9,10)(H,12,13,14)(H,15,16,17)(H,18,19,20)/t4-,5-,6-,7-,8?/m1/s1. The van der Waals surface area contributed by atoms with Gasteiger partial charge >= 0.3 is 31.2 Å². The molecule has 1 amide bonds. The van der Waals surface area contributed by atoms with Crippen molar-refractivity contribution in [3.63, 3.8) is 0 Å². The topological polar surface area (TPSA) is 249 Å². The lowest BCUT2D eigenvalue weighted by Gasteiger charge is -2.42. The second kappa shape index (κ2) is 8.57. The highest BCUT2D eigenvalue weighted by Crippen LogP contribution is 2.27. The number of hydrogen-bond donors (Lipinski definition) is 5. The Balaban J connectivity index is 3.34. The molecule has 1 aliphatic heterocycles. The maximum atomic E-state index is 11.2. The lowest BCUT2D eigenvalue weighted by molar-refractivity contribution is -0.242. The van der Waals surface area contributed by atoms with Gasteiger partial charge in [0.05, 0.1) is 6.61 Å². The normalized spacial score (nSPS) is 30.0. The second-order valence-corrected chi connectivity index (χ2v) is 8.17. The molecule has 0 spiro atoms. The zero-order valence-electron chi connectivity index (χ0n) is 13.1. The van der Waals surface area contributed by atoms with E-state index < -0.39 is 74.4 Å². The van der Waals surface area contributed by atoms with Gasteiger partial charge in [-0.2, -0.15) is 25.3 Å². The molecule has 1 rings (SSSR count). The molecule has 0 aromatic carbocycles. The average Bonchev–Trinajstić information content (AvgIpc) is 2.40. The van der Waals surface area contributed by atoms with Crippen molar-refractivity contribution in [3.8, 4) is 0 Å². The number of carbonyl (C=O) groups excluding carboxylic acids is 1. The van der Waals surface area contributed by atoms with Crippen LogP contribution in [0.5, 0.6) is 0 Å². The predicted molar refractivity (Wildman–Crippen MR) is 78.8 cm³/mol. The highest BCUT2D eigenvalue weighted by atomic mass is 32.3. The molecule has 160 valence electrons. The van der Waals surface area contributed by atoms with Crippen LogP contribution in [0.15, 0.2) is 0 Å². The van der Waals surface area contributed by atoms with Crippen LogP contribution < -0.4 is 5.32 Å². The number of ether oxygens (including phenoxy) is 1. The molecule has 19 heteroatoms. The van der Waals surface area contributed by atoms with Crippen LogP contribution in [0.3, 0.4) is 0 Å². The lowest BCUT2D eigenvalue weighted by Crippen LogP contribution is -2.66. The fourth-order valence-electron chi connectivity index (χ4n) is 2.11. The molecule has 0 aromatic heterocycles. The third-order valence-corrected chi connectivity index (χ3v) is 4.25. The first kappa shape index (κ1) is 24.0. The number of hydrogen-bond acceptors (Lipinski definition) is 12. The van der Waals surface area contributed by atoms with Crippen molar-refractivity contribution < 1.29 is 66.1 Å². The third kappa shape index (κ3) is 8.69. The van der Waals surface area contributed by atoms with E-state index in [0.29, 0.717) is 0 Å². The third-order valence-electron chi connectivity index (χ3n) is 2.88. The minimum atomic E-state index is -5.37. The van der Waals surface area contributed by atoms with Crippen LogP contribution in [-0.2, 0) is 53.3 Å². The Morgan fingerprint density at radius 3 is 1.85 bits per heavy atom. The van der Waals surface area contributed by atoms with Crippen LogP contribution in [0, 0.1) is 0 Å². The van der Waals surface area contributed by atoms with Gasteiger partial charge in [-0.3, -0.25) is 18.5 Å². The van der Waals surface area contributed by atoms with E-state index in [-0.39, 0.29) is 0 Å². The Hall–Kier alpha value is -1.00. The van der Waals surface area contributed by atoms with E-state index in [2.05, 4.69) is 12.5 Å². The molecule has 1 heterocycles. The number of aliphatic hydroxyl groups excluding tert-OH is 1. The van der Waals surface area contributed by atoms with Crippen LogP contribution in [0.25, 0.3) is 0 Å². The van der Waals surface area contributed by atoms with Gasteiger partial charge in [0, 0.05) is 6.92 Å². The molecular weight excluding hydrogens is 446 g/mol. The maximum Gasteiger partial charge on any atom is 0.397 e. The SMILES string of the molecule is CC(=O)N[C@H]1C(O)O[C@H](COS(=O)(=O)O)[C@@H](OS(=O)(=O)O)[C@@H]1OS(=O)(=O)O. The van der Waals surface area contributed by atoms with E-state index in [1.807, 2.05) is 5.32 Å². The molecular formula is C8H15NO15S3. The molecule has 1 aliphatic rings. The Morgan fingerprint density at radius 2 is 1.44 bits per heavy atom. The molecule has 0 saturated carbocycles. The van der Waals surface area contributed by atoms with Crippen LogP contribution in [0.1, 0.15) is 6.92 Å². The highest BCUT2D eigenvalue weighted by Gasteiger charge is 2.51. The van der Waals surface area contributed by atoms with Gasteiger partial charge in [0.25, 0.3) is 0 Å². The monoisotopic (exact) mass is 461 g/mol. The molecule has 0 radical (unpaired) electrons. The van der Waals surface area contributed by atoms with E-state index in [1.54, 1.807) is 0 Å². The van der Waals surface area contributed by atoms with Crippen LogP contribution in [0.2, 0.25) is 0 Å². The van der Waals surface area contributed by atoms with Crippen LogP contribution >= 0.6 is 0 Å². The Bertz CT molecular complexity index is 847. The van der Waals surface area contributed by atoms with Gasteiger partial charge in [-0.25, -0.2) is 12.5 Å². The van der Waals surface area contributed by atoms with E-state index in [9.17, 15) is 35.2 Å². The summed E-state index contributed by atoms with van der Waals surface area (Å²) in [5.74, 6) is -0.898. The first-order valence-electron chi connectivity index (χ1n) is 6.52. The summed E-state index contributed by atoms with van der Waals surface area (Å²) in [5, 5.41) is 11.8. The predicted octanol–water partition coefficient (Wildman–Crippen LogP) is -3.60. The first-order chi connectivity index (χ1) is 12.0. The van der Waals surface area contributed by atoms with Crippen molar-refractivity contribution in [3.05, 3.63) is 0 Å². The average molecular weight is 461 g/mol. The molecule has 5 N–H and O–H groups in total. The summed E-state index contributed by atoms with van der Waals surface area (Å²) in [5.41, 5.74) is 0. The van der Waals surface area contributed by atoms with Crippen molar-refractivity contribution >= 4 is 37.1 Å². The minimum absolute atomic E-state index is 0.898. The molecule has 1 saturated heterocycles. The minimum Gasteiger partial charge on any atom is -0.366 e. The number of rotatable bonds is 8. The number of aliphatic hydroxyl groups is 1. The van der Waals surface area contributed by atoms with Crippen molar-refractivity contribution in [2.24, 2.45) is 0 Å². The van der Waals surface area contributed by atoms with Gasteiger partial charge in [-0.05, 0) is 0 Å². The fourth-order valence-corrected chi connectivity index (χ4v) is 3.44. The summed E-state index contributed by atoms with van der Waals surface area (Å²) in [7, 11) is -15.8. The summed E-state index contributed by atoms with van der Waals surface area (Å²) in [6, 6.07) is -1.88. The second-order valence-electron chi connectivity index (χ2n) is 4.98. The largest absolute Gasteiger partial charge is 0.397 e. The quantitative estimate of drug-likeness (QED) is 0.219. The van der Waals surface area contributed by atoms with E-state index in [0.717, 1.165) is 6.92 Å². The number of amides is 1. The van der Waals surface area contributed by atoms with Gasteiger partial charge in [0.15, 0.2) is 6.29 Å². The summed E-state index contributed by atoms with van der Waals surface area (Å²) in [6.45, 7) is -0.350. The Morgan fingerprint density at radius 1 is 0.963 bits per heavy atom. The van der Waals surface area contributed by atoms with E-state index in [1.165, 1.54) is 0 Å². The van der Waals surface area contributed by atoms with Gasteiger partial charge in [0.2, 0.25) is 5.91 Å². The molecule has 0 aromatic rings. The van der Waals surface area contributed by atoms with E-state index in [4.69, 9.17) is 18.4 Å². The summed E-state index contributed by atoms with van der Waals surface area (Å²) < 4.78 is 109. The Kier molecular flexibility index (Phi) is 7.63. The van der Waals surface area contributed by atoms with Crippen LogP contribution in [-0.4, -0.2) is 87.2 Å². The van der Waals surface area contributed by atoms with Crippen molar-refractivity contribution in [1.82, 2.24) is 5.32 Å². The van der Waals surface area contributed by atoms with Gasteiger partial charge < -0.3 is 15.2 Å². The molecule has 5 atom stereocenters. The van der Waals surface area contributed by atoms with Gasteiger partial charge in [-0.1, -0.05) is 0 Å². The van der Waals surface area contributed by atoms with Crippen LogP contribution in [0.4, 0.5) is 0 Å². The first-order valence-corrected chi connectivity index (χ1v) is 10.6. The number of nitrogens with one attached hydrogen (secondary N) is 1. The van der Waals surface area contributed by atoms with Crippen molar-refractivity contribution in [2.45, 2.75) is 37.6 Å². The van der Waals surface area contributed by atoms with Gasteiger partial charge in [0.1, 0.15) is 24.4 Å². The van der Waals surface area contributed by atoms with Gasteiger partial charge in [-0.15, -0.1) is 0 Å². The summed E-state index contributed by atoms with van der Waals surface area (Å²) in [6.07, 6.45) is -8.70. The molecule has 1 unspecified atom stereocenters. The number of carbonyl (C=O) groups is 1. The summed E-state index contributed by atoms with van der Waals surface area (Å²) in [4.78, 5) is 11.2. The van der Waals surface area contributed by atoms with Crippen molar-refractivity contribution in [1.29, 1.82) is 0 Å². The maximum absolute atomic E-state index is 11.2. The molecule has 16 nitrogen and oxygen atoms in total. The zero-order valence-corrected chi connectivity index (χ0v) is 15.5. The summed E-state index contributed by atoms with van der Waals surface area (Å²) >= 11 is 0. The van der Waals surface area contributed by atoms with Crippen molar-refractivity contribution in [2.75, 3.05) is 6.61 Å². The Labute approximate surface area is 153 Å². The molecule has 0 aliphatic carbocycles. The fraction of sp³-hybridized carbons (Fsp3) is 0.875. The lowest BCUT2D eigenvalue weighted by atomic mass is 9.97. The zero-order chi connectivity index (χ0) is 21.2. The highest BCUT2D eigenvalue weighted by molar-refractivity contribution is 7.81. The smallest absolute Gasteiger partial charge is 0.366 e. The van der Waals surface area contributed by atoms with E-state index >= 15 is 0 Å².